The van der Waals surface area contributed by atoms with Crippen molar-refractivity contribution in [1.82, 2.24) is 15.6 Å². The Labute approximate surface area is 146 Å². The number of rotatable bonds is 2. The summed E-state index contributed by atoms with van der Waals surface area (Å²) in [5.41, 5.74) is -0.312. The van der Waals surface area contributed by atoms with Gasteiger partial charge in [0.25, 0.3) is 0 Å². The van der Waals surface area contributed by atoms with E-state index in [0.717, 1.165) is 12.3 Å². The number of thioether (sulfide) groups is 1. The van der Waals surface area contributed by atoms with Gasteiger partial charge in [0.1, 0.15) is 5.69 Å². The van der Waals surface area contributed by atoms with E-state index in [1.165, 1.54) is 30.1 Å². The summed E-state index contributed by atoms with van der Waals surface area (Å²) < 4.78 is 37.9. The van der Waals surface area contributed by atoms with Crippen molar-refractivity contribution < 1.29 is 18.0 Å². The first-order valence-corrected chi connectivity index (χ1v) is 7.84. The summed E-state index contributed by atoms with van der Waals surface area (Å²) >= 11 is 1.36. The van der Waals surface area contributed by atoms with Crippen molar-refractivity contribution in [2.24, 2.45) is 4.99 Å². The van der Waals surface area contributed by atoms with Gasteiger partial charge in [-0.3, -0.25) is 4.98 Å². The number of anilines is 1. The molecule has 0 fully saturated rings. The Morgan fingerprint density at radius 3 is 2.80 bits per heavy atom. The van der Waals surface area contributed by atoms with Gasteiger partial charge in [-0.25, -0.2) is 9.79 Å². The van der Waals surface area contributed by atoms with Gasteiger partial charge in [-0.15, -0.1) is 0 Å². The first kappa shape index (κ1) is 18.6. The number of urea groups is 1. The van der Waals surface area contributed by atoms with Gasteiger partial charge in [0, 0.05) is 17.6 Å². The quantitative estimate of drug-likeness (QED) is 0.746. The molecule has 132 valence electrons. The van der Waals surface area contributed by atoms with Gasteiger partial charge >= 0.3 is 12.2 Å². The lowest BCUT2D eigenvalue weighted by atomic mass is 10.3. The normalized spacial score (nSPS) is 18.8. The molecule has 0 aliphatic carbocycles. The van der Waals surface area contributed by atoms with E-state index in [4.69, 9.17) is 0 Å². The number of carbonyl (C=O) groups is 1. The monoisotopic (exact) mass is 369 g/mol. The maximum atomic E-state index is 12.6. The summed E-state index contributed by atoms with van der Waals surface area (Å²) in [6, 6.07) is 1.26. The Hall–Kier alpha value is -2.75. The predicted molar refractivity (Wildman–Crippen MR) is 91.8 cm³/mol. The Kier molecular flexibility index (Phi) is 5.86. The average Bonchev–Trinajstić information content (AvgIpc) is 2.58. The van der Waals surface area contributed by atoms with E-state index in [1.807, 2.05) is 0 Å². The summed E-state index contributed by atoms with van der Waals surface area (Å²) in [6.45, 7) is 7.49. The van der Waals surface area contributed by atoms with E-state index in [1.54, 1.807) is 0 Å². The van der Waals surface area contributed by atoms with E-state index >= 15 is 0 Å². The summed E-state index contributed by atoms with van der Waals surface area (Å²) in [7, 11) is 0. The van der Waals surface area contributed by atoms with Crippen molar-refractivity contribution >= 4 is 29.7 Å². The number of nitrogens with one attached hydrogen (secondary N) is 3. The fourth-order valence-electron chi connectivity index (χ4n) is 1.69. The third-order valence-corrected chi connectivity index (χ3v) is 3.51. The van der Waals surface area contributed by atoms with Crippen LogP contribution in [-0.4, -0.2) is 23.1 Å². The lowest BCUT2D eigenvalue weighted by Gasteiger charge is -2.10. The molecule has 0 unspecified atom stereocenters. The van der Waals surface area contributed by atoms with Gasteiger partial charge in [-0.2, -0.15) is 13.2 Å². The molecule has 6 nitrogen and oxygen atoms in total. The lowest BCUT2D eigenvalue weighted by molar-refractivity contribution is -0.141. The number of nitrogens with zero attached hydrogens (tertiary/aromatic N) is 2. The van der Waals surface area contributed by atoms with E-state index in [2.05, 4.69) is 39.1 Å². The highest BCUT2D eigenvalue weighted by Gasteiger charge is 2.32. The van der Waals surface area contributed by atoms with E-state index in [9.17, 15) is 18.0 Å². The number of hydrogen-bond acceptors (Lipinski definition) is 5. The van der Waals surface area contributed by atoms with Crippen LogP contribution in [0.25, 0.3) is 0 Å². The minimum absolute atomic E-state index is 0.0441. The summed E-state index contributed by atoms with van der Waals surface area (Å²) in [5.74, 6) is 0.516. The SMILES string of the molecule is C=C1/C=C(NC(=O)Nc2ccnc(C(F)(F)F)c2)\C=N/C(=C)SCN1. The van der Waals surface area contributed by atoms with Crippen molar-refractivity contribution in [2.75, 3.05) is 11.2 Å². The molecule has 0 bridgehead atoms. The molecular weight excluding hydrogens is 355 g/mol. The van der Waals surface area contributed by atoms with Crippen molar-refractivity contribution in [1.29, 1.82) is 0 Å². The summed E-state index contributed by atoms with van der Waals surface area (Å²) in [4.78, 5) is 19.3. The molecule has 1 aromatic heterocycles. The number of alkyl halides is 3. The second-order valence-electron chi connectivity index (χ2n) is 4.75. The van der Waals surface area contributed by atoms with Gasteiger partial charge in [-0.1, -0.05) is 24.9 Å². The molecule has 2 rings (SSSR count). The first-order chi connectivity index (χ1) is 11.7. The summed E-state index contributed by atoms with van der Waals surface area (Å²) in [6.07, 6.45) is -0.717. The number of allylic oxidation sites excluding steroid dienone is 2. The van der Waals surface area contributed by atoms with Gasteiger partial charge in [-0.05, 0) is 18.2 Å². The zero-order chi connectivity index (χ0) is 18.4. The maximum absolute atomic E-state index is 12.6. The van der Waals surface area contributed by atoms with Crippen LogP contribution >= 0.6 is 11.8 Å². The molecule has 2 amide bonds. The molecule has 0 saturated carbocycles. The third-order valence-electron chi connectivity index (χ3n) is 2.78. The van der Waals surface area contributed by atoms with E-state index < -0.39 is 17.9 Å². The topological polar surface area (TPSA) is 78.4 Å². The lowest BCUT2D eigenvalue weighted by Crippen LogP contribution is -2.29. The molecule has 1 aliphatic heterocycles. The van der Waals surface area contributed by atoms with Crippen LogP contribution in [0.2, 0.25) is 0 Å². The molecule has 0 spiro atoms. The smallest absolute Gasteiger partial charge is 0.376 e. The number of aromatic nitrogens is 1. The third kappa shape index (κ3) is 5.99. The Bertz CT molecular complexity index is 758. The van der Waals surface area contributed by atoms with Crippen LogP contribution in [0, 0.1) is 0 Å². The highest BCUT2D eigenvalue weighted by molar-refractivity contribution is 8.02. The van der Waals surface area contributed by atoms with Crippen LogP contribution in [0.3, 0.4) is 0 Å². The molecule has 0 aromatic carbocycles. The van der Waals surface area contributed by atoms with Crippen molar-refractivity contribution in [2.45, 2.75) is 6.18 Å². The second kappa shape index (κ2) is 7.88. The number of hydrogen-bond donors (Lipinski definition) is 3. The number of halogens is 3. The van der Waals surface area contributed by atoms with Gasteiger partial charge in [0.15, 0.2) is 0 Å². The zero-order valence-electron chi connectivity index (χ0n) is 12.9. The first-order valence-electron chi connectivity index (χ1n) is 6.85. The van der Waals surface area contributed by atoms with Crippen LogP contribution < -0.4 is 16.0 Å². The molecule has 10 heteroatoms. The second-order valence-corrected chi connectivity index (χ2v) is 5.80. The van der Waals surface area contributed by atoms with E-state index in [-0.39, 0.29) is 5.69 Å². The van der Waals surface area contributed by atoms with Crippen LogP contribution in [0.4, 0.5) is 23.7 Å². The van der Waals surface area contributed by atoms with E-state index in [0.29, 0.717) is 22.3 Å². The fraction of sp³-hybridized carbons (Fsp3) is 0.133. The van der Waals surface area contributed by atoms with Gasteiger partial charge < -0.3 is 16.0 Å². The molecule has 0 radical (unpaired) electrons. The molecule has 1 aliphatic rings. The molecule has 0 atom stereocenters. The van der Waals surface area contributed by atoms with Crippen LogP contribution in [0.15, 0.2) is 59.0 Å². The highest BCUT2D eigenvalue weighted by Crippen LogP contribution is 2.28. The van der Waals surface area contributed by atoms with Gasteiger partial charge in [0.2, 0.25) is 0 Å². The molecule has 0 saturated heterocycles. The molecule has 3 N–H and O–H groups in total. The highest BCUT2D eigenvalue weighted by atomic mass is 32.2. The maximum Gasteiger partial charge on any atom is 0.433 e. The zero-order valence-corrected chi connectivity index (χ0v) is 13.7. The standard InChI is InChI=1S/C15H14F3N5OS/c1-9-5-12(7-20-10(2)25-8-21-9)23-14(24)22-11-3-4-19-13(6-11)15(16,17)18/h3-7,21H,1-2,8H2,(H2,19,22,23,24)/b12-5+,20-7-. The van der Waals surface area contributed by atoms with Crippen molar-refractivity contribution in [3.05, 3.63) is 59.7 Å². The Morgan fingerprint density at radius 1 is 1.32 bits per heavy atom. The molecular formula is C15H14F3N5OS. The van der Waals surface area contributed by atoms with Crippen molar-refractivity contribution in [3.63, 3.8) is 0 Å². The van der Waals surface area contributed by atoms with Crippen LogP contribution in [0.5, 0.6) is 0 Å². The number of amides is 2. The van der Waals surface area contributed by atoms with Crippen molar-refractivity contribution in [3.8, 4) is 0 Å². The number of aliphatic imine (C=N–C) groups is 1. The predicted octanol–water partition coefficient (Wildman–Crippen LogP) is 3.46. The fourth-order valence-corrected chi connectivity index (χ4v) is 2.24. The minimum Gasteiger partial charge on any atom is -0.376 e. The van der Waals surface area contributed by atoms with Crippen LogP contribution in [0.1, 0.15) is 5.69 Å². The Morgan fingerprint density at radius 2 is 2.08 bits per heavy atom. The average molecular weight is 369 g/mol. The minimum atomic E-state index is -4.59. The largest absolute Gasteiger partial charge is 0.433 e. The van der Waals surface area contributed by atoms with Gasteiger partial charge in [0.05, 0.1) is 22.8 Å². The molecule has 1 aromatic rings. The van der Waals surface area contributed by atoms with Crippen LogP contribution in [-0.2, 0) is 6.18 Å². The summed E-state index contributed by atoms with van der Waals surface area (Å²) in [5, 5.41) is 8.30. The molecule has 25 heavy (non-hydrogen) atoms. The number of carbonyl (C=O) groups excluding carboxylic acids is 1. The Balaban J connectivity index is 2.09. The molecule has 2 heterocycles. The number of pyridine rings is 1.